The fourth-order valence-corrected chi connectivity index (χ4v) is 7.60. The molecule has 0 saturated heterocycles. The van der Waals surface area contributed by atoms with Crippen LogP contribution in [-0.2, 0) is 37.3 Å². The number of rotatable bonds is 5. The van der Waals surface area contributed by atoms with Crippen molar-refractivity contribution in [1.29, 1.82) is 0 Å². The summed E-state index contributed by atoms with van der Waals surface area (Å²) in [4.78, 5) is 10.4. The maximum atomic E-state index is 11.5. The van der Waals surface area contributed by atoms with Gasteiger partial charge in [0.25, 0.3) is 0 Å². The first-order valence-electron chi connectivity index (χ1n) is 19.6. The number of fused-ring (bicyclic) bond motifs is 2. The molecule has 8 aromatic rings. The monoisotopic (exact) mass is 927 g/mol. The average Bonchev–Trinajstić information content (AvgIpc) is 3.56. The molecule has 0 spiro atoms. The second-order valence-corrected chi connectivity index (χ2v) is 18.1. The minimum Gasteiger partial charge on any atom is -0.507 e. The molecule has 57 heavy (non-hydrogen) atoms. The van der Waals surface area contributed by atoms with Crippen LogP contribution in [0.4, 0.5) is 0 Å². The third-order valence-electron chi connectivity index (χ3n) is 11.0. The van der Waals surface area contributed by atoms with Crippen LogP contribution in [0.2, 0.25) is 0 Å². The molecule has 290 valence electrons. The Hall–Kier alpha value is -5.31. The molecular formula is C52H50N3OPt-. The Morgan fingerprint density at radius 1 is 0.526 bits per heavy atom. The molecule has 0 saturated carbocycles. The van der Waals surface area contributed by atoms with Crippen molar-refractivity contribution in [3.05, 3.63) is 156 Å². The molecule has 1 N–H and O–H groups in total. The Labute approximate surface area is 352 Å². The number of para-hydroxylation sites is 1. The van der Waals surface area contributed by atoms with E-state index in [1.165, 1.54) is 11.1 Å². The van der Waals surface area contributed by atoms with Gasteiger partial charge in [0.1, 0.15) is 11.6 Å². The van der Waals surface area contributed by atoms with Gasteiger partial charge in [0.05, 0.1) is 16.6 Å². The van der Waals surface area contributed by atoms with E-state index in [1.807, 2.05) is 24.4 Å². The number of phenolic OH excluding ortho intramolecular Hbond substituents is 1. The molecule has 0 aliphatic heterocycles. The van der Waals surface area contributed by atoms with Crippen LogP contribution in [0.5, 0.6) is 5.75 Å². The standard InChI is InChI=1S/C52H50N3O.Pt/c1-50(2,3)36-21-24-39(25-22-36)55-45-32-38(52(7,8)9)31-43(48(45)54-49(55)44-30-37(51(4,5)6)23-26-46(44)56)35-18-13-17-34(29-35)41-19-14-20-42-40(27-28-53-47(41)42)33-15-11-10-12-16-33;/h10-28,30-32,56H,1-9H3;/q-1;. The minimum absolute atomic E-state index is 0. The van der Waals surface area contributed by atoms with Gasteiger partial charge in [-0.3, -0.25) is 9.55 Å². The molecule has 6 aromatic carbocycles. The van der Waals surface area contributed by atoms with E-state index in [2.05, 4.69) is 182 Å². The van der Waals surface area contributed by atoms with Crippen LogP contribution in [-0.4, -0.2) is 19.6 Å². The number of aromatic nitrogens is 3. The Bertz CT molecular complexity index is 2740. The van der Waals surface area contributed by atoms with Crippen LogP contribution in [0.15, 0.2) is 134 Å². The van der Waals surface area contributed by atoms with E-state index in [0.29, 0.717) is 11.4 Å². The molecule has 0 fully saturated rings. The summed E-state index contributed by atoms with van der Waals surface area (Å²) in [6.07, 6.45) is 1.90. The summed E-state index contributed by atoms with van der Waals surface area (Å²) in [5, 5.41) is 12.6. The number of hydrogen-bond donors (Lipinski definition) is 1. The average molecular weight is 928 g/mol. The second kappa shape index (κ2) is 14.9. The van der Waals surface area contributed by atoms with Crippen LogP contribution in [0.1, 0.15) is 79.0 Å². The third kappa shape index (κ3) is 7.61. The summed E-state index contributed by atoms with van der Waals surface area (Å²) < 4.78 is 2.23. The molecule has 0 atom stereocenters. The molecule has 4 nitrogen and oxygen atoms in total. The van der Waals surface area contributed by atoms with Gasteiger partial charge < -0.3 is 5.11 Å². The van der Waals surface area contributed by atoms with E-state index in [1.54, 1.807) is 0 Å². The molecule has 0 unspecified atom stereocenters. The van der Waals surface area contributed by atoms with Crippen molar-refractivity contribution in [2.24, 2.45) is 0 Å². The van der Waals surface area contributed by atoms with Gasteiger partial charge in [-0.25, -0.2) is 4.98 Å². The maximum absolute atomic E-state index is 11.5. The second-order valence-electron chi connectivity index (χ2n) is 18.1. The molecule has 2 heterocycles. The molecule has 2 aromatic heterocycles. The molecule has 0 radical (unpaired) electrons. The van der Waals surface area contributed by atoms with Crippen LogP contribution < -0.4 is 0 Å². The maximum Gasteiger partial charge on any atom is 0.148 e. The van der Waals surface area contributed by atoms with Crippen molar-refractivity contribution >= 4 is 21.9 Å². The number of hydrogen-bond acceptors (Lipinski definition) is 3. The first-order chi connectivity index (χ1) is 26.6. The smallest absolute Gasteiger partial charge is 0.148 e. The molecular weight excluding hydrogens is 878 g/mol. The summed E-state index contributed by atoms with van der Waals surface area (Å²) in [7, 11) is 0. The van der Waals surface area contributed by atoms with E-state index >= 15 is 0 Å². The van der Waals surface area contributed by atoms with Gasteiger partial charge in [0.15, 0.2) is 0 Å². The molecule has 8 rings (SSSR count). The SMILES string of the molecule is CC(C)(C)c1ccc(-n2c(-c3cc(C(C)(C)C)ccc3O)nc3c(-c4[c-]c(-c5cccc6c(-c7ccccc7)ccnc56)ccc4)cc(C(C)(C)C)cc32)cc1.[Pt]. The summed E-state index contributed by atoms with van der Waals surface area (Å²) >= 11 is 0. The van der Waals surface area contributed by atoms with E-state index in [0.717, 1.165) is 66.6 Å². The van der Waals surface area contributed by atoms with Crippen molar-refractivity contribution in [2.45, 2.75) is 78.6 Å². The number of nitrogens with zero attached hydrogens (tertiary/aromatic N) is 3. The van der Waals surface area contributed by atoms with Gasteiger partial charge >= 0.3 is 0 Å². The quantitative estimate of drug-likeness (QED) is 0.175. The molecule has 0 aliphatic carbocycles. The minimum atomic E-state index is -0.159. The fraction of sp³-hybridized carbons (Fsp3) is 0.231. The predicted molar refractivity (Wildman–Crippen MR) is 235 cm³/mol. The fourth-order valence-electron chi connectivity index (χ4n) is 7.60. The number of benzene rings is 6. The molecule has 5 heteroatoms. The summed E-state index contributed by atoms with van der Waals surface area (Å²) in [5.41, 5.74) is 14.0. The van der Waals surface area contributed by atoms with Gasteiger partial charge in [0, 0.05) is 43.9 Å². The predicted octanol–water partition coefficient (Wildman–Crippen LogP) is 13.6. The topological polar surface area (TPSA) is 50.9 Å². The van der Waals surface area contributed by atoms with Crippen LogP contribution in [0.25, 0.3) is 72.4 Å². The van der Waals surface area contributed by atoms with Crippen LogP contribution in [0, 0.1) is 6.07 Å². The van der Waals surface area contributed by atoms with Gasteiger partial charge in [-0.05, 0) is 80.5 Å². The Morgan fingerprint density at radius 3 is 1.81 bits per heavy atom. The molecule has 0 amide bonds. The molecule has 0 aliphatic rings. The van der Waals surface area contributed by atoms with E-state index < -0.39 is 0 Å². The van der Waals surface area contributed by atoms with Gasteiger partial charge in [-0.15, -0.1) is 35.4 Å². The zero-order chi connectivity index (χ0) is 39.6. The van der Waals surface area contributed by atoms with E-state index in [4.69, 9.17) is 9.97 Å². The van der Waals surface area contributed by atoms with Gasteiger partial charge in [0.2, 0.25) is 0 Å². The van der Waals surface area contributed by atoms with Crippen molar-refractivity contribution in [3.8, 4) is 56.2 Å². The molecule has 0 bridgehead atoms. The summed E-state index contributed by atoms with van der Waals surface area (Å²) in [5.74, 6) is 0.896. The van der Waals surface area contributed by atoms with Crippen molar-refractivity contribution in [1.82, 2.24) is 14.5 Å². The van der Waals surface area contributed by atoms with Crippen molar-refractivity contribution < 1.29 is 26.2 Å². The van der Waals surface area contributed by atoms with E-state index in [9.17, 15) is 5.11 Å². The van der Waals surface area contributed by atoms with Crippen molar-refractivity contribution in [3.63, 3.8) is 0 Å². The van der Waals surface area contributed by atoms with E-state index in [-0.39, 0.29) is 43.1 Å². The summed E-state index contributed by atoms with van der Waals surface area (Å²) in [6, 6.07) is 48.5. The normalized spacial score (nSPS) is 12.2. The largest absolute Gasteiger partial charge is 0.507 e. The number of imidazole rings is 1. The summed E-state index contributed by atoms with van der Waals surface area (Å²) in [6.45, 7) is 20.1. The third-order valence-corrected chi connectivity index (χ3v) is 11.0. The number of aromatic hydroxyl groups is 1. The van der Waals surface area contributed by atoms with Crippen molar-refractivity contribution in [2.75, 3.05) is 0 Å². The zero-order valence-corrected chi connectivity index (χ0v) is 36.6. The number of phenols is 1. The Kier molecular flexibility index (Phi) is 10.4. The van der Waals surface area contributed by atoms with Gasteiger partial charge in [-0.2, -0.15) is 0 Å². The Morgan fingerprint density at radius 2 is 1.14 bits per heavy atom. The number of pyridine rings is 1. The van der Waals surface area contributed by atoms with Crippen LogP contribution in [0.3, 0.4) is 0 Å². The zero-order valence-electron chi connectivity index (χ0n) is 34.3. The van der Waals surface area contributed by atoms with Crippen LogP contribution >= 0.6 is 0 Å². The van der Waals surface area contributed by atoms with Gasteiger partial charge in [-0.1, -0.05) is 146 Å². The Balaban J connectivity index is 0.00000496. The first kappa shape index (κ1) is 39.9. The first-order valence-corrected chi connectivity index (χ1v) is 19.6.